The first-order chi connectivity index (χ1) is 13.9. The van der Waals surface area contributed by atoms with Crippen molar-refractivity contribution in [2.24, 2.45) is 0 Å². The second-order valence-electron chi connectivity index (χ2n) is 8.73. The molecule has 2 heterocycles. The molecule has 5 rings (SSSR count). The monoisotopic (exact) mass is 381 g/mol. The molecule has 3 aromatic carbocycles. The second kappa shape index (κ2) is 6.41. The molecule has 0 amide bonds. The predicted octanol–water partition coefficient (Wildman–Crippen LogP) is 5.35. The first kappa shape index (κ1) is 18.4. The standard InChI is InChI=1S/C25H24BNO2/c1-24(2)25(3,4)29-26(28-24)21-16-18-14-15-22(17-10-6-5-7-11-17)27-23(18)20-13-9-8-12-19(20)21/h5-16H,1-4H3. The van der Waals surface area contributed by atoms with Crippen molar-refractivity contribution >= 4 is 34.3 Å². The SMILES string of the molecule is CC1(C)OB(c2cc3ccc(-c4ccccc4)nc3c3ccccc23)OC1(C)C. The maximum absolute atomic E-state index is 6.36. The number of fused-ring (bicyclic) bond motifs is 3. The van der Waals surface area contributed by atoms with Crippen molar-refractivity contribution in [2.45, 2.75) is 38.9 Å². The zero-order valence-corrected chi connectivity index (χ0v) is 17.3. The molecule has 0 atom stereocenters. The molecule has 1 fully saturated rings. The Morgan fingerprint density at radius 1 is 0.724 bits per heavy atom. The highest BCUT2D eigenvalue weighted by atomic mass is 16.7. The van der Waals surface area contributed by atoms with Gasteiger partial charge in [0, 0.05) is 16.3 Å². The van der Waals surface area contributed by atoms with Crippen LogP contribution in [0.25, 0.3) is 32.9 Å². The fourth-order valence-corrected chi connectivity index (χ4v) is 3.92. The summed E-state index contributed by atoms with van der Waals surface area (Å²) in [6.07, 6.45) is 0. The number of pyridine rings is 1. The molecule has 29 heavy (non-hydrogen) atoms. The first-order valence-electron chi connectivity index (χ1n) is 10.1. The molecule has 4 aromatic rings. The third-order valence-electron chi connectivity index (χ3n) is 6.31. The number of hydrogen-bond acceptors (Lipinski definition) is 3. The summed E-state index contributed by atoms with van der Waals surface area (Å²) in [5.41, 5.74) is 3.41. The van der Waals surface area contributed by atoms with Gasteiger partial charge in [0.15, 0.2) is 0 Å². The largest absolute Gasteiger partial charge is 0.495 e. The van der Waals surface area contributed by atoms with Crippen LogP contribution in [0.2, 0.25) is 0 Å². The minimum absolute atomic E-state index is 0.372. The molecule has 0 unspecified atom stereocenters. The van der Waals surface area contributed by atoms with Crippen molar-refractivity contribution in [3.63, 3.8) is 0 Å². The smallest absolute Gasteiger partial charge is 0.399 e. The van der Waals surface area contributed by atoms with Crippen LogP contribution in [0.5, 0.6) is 0 Å². The van der Waals surface area contributed by atoms with Crippen LogP contribution in [0.1, 0.15) is 27.7 Å². The van der Waals surface area contributed by atoms with Crippen LogP contribution in [-0.4, -0.2) is 23.3 Å². The minimum Gasteiger partial charge on any atom is -0.399 e. The molecule has 0 bridgehead atoms. The Balaban J connectivity index is 1.71. The molecular formula is C25H24BNO2. The van der Waals surface area contributed by atoms with Gasteiger partial charge in [-0.2, -0.15) is 0 Å². The van der Waals surface area contributed by atoms with Crippen molar-refractivity contribution in [2.75, 3.05) is 0 Å². The Morgan fingerprint density at radius 3 is 2.03 bits per heavy atom. The van der Waals surface area contributed by atoms with Crippen LogP contribution in [0.3, 0.4) is 0 Å². The van der Waals surface area contributed by atoms with Crippen LogP contribution in [0.4, 0.5) is 0 Å². The summed E-state index contributed by atoms with van der Waals surface area (Å²) in [6, 6.07) is 25.1. The summed E-state index contributed by atoms with van der Waals surface area (Å²) in [5, 5.41) is 3.33. The Hall–Kier alpha value is -2.69. The molecule has 1 saturated heterocycles. The van der Waals surface area contributed by atoms with E-state index in [1.807, 2.05) is 18.2 Å². The quantitative estimate of drug-likeness (QED) is 0.346. The molecule has 1 aromatic heterocycles. The van der Waals surface area contributed by atoms with E-state index in [-0.39, 0.29) is 11.2 Å². The van der Waals surface area contributed by atoms with E-state index in [1.165, 1.54) is 0 Å². The van der Waals surface area contributed by atoms with E-state index in [4.69, 9.17) is 14.3 Å². The van der Waals surface area contributed by atoms with Gasteiger partial charge in [-0.3, -0.25) is 0 Å². The van der Waals surface area contributed by atoms with E-state index in [0.717, 1.165) is 38.4 Å². The first-order valence-corrected chi connectivity index (χ1v) is 10.1. The zero-order chi connectivity index (χ0) is 20.2. The summed E-state index contributed by atoms with van der Waals surface area (Å²) < 4.78 is 12.7. The molecule has 1 aliphatic rings. The molecule has 0 N–H and O–H groups in total. The summed E-state index contributed by atoms with van der Waals surface area (Å²) >= 11 is 0. The van der Waals surface area contributed by atoms with E-state index >= 15 is 0 Å². The van der Waals surface area contributed by atoms with Crippen molar-refractivity contribution in [3.05, 3.63) is 72.8 Å². The van der Waals surface area contributed by atoms with Crippen LogP contribution in [-0.2, 0) is 9.31 Å². The highest BCUT2D eigenvalue weighted by Gasteiger charge is 2.52. The lowest BCUT2D eigenvalue weighted by Crippen LogP contribution is -2.41. The summed E-state index contributed by atoms with van der Waals surface area (Å²) in [4.78, 5) is 5.02. The highest BCUT2D eigenvalue weighted by molar-refractivity contribution is 6.65. The van der Waals surface area contributed by atoms with E-state index in [1.54, 1.807) is 0 Å². The number of aromatic nitrogens is 1. The Kier molecular flexibility index (Phi) is 4.06. The Bertz CT molecular complexity index is 1200. The number of rotatable bonds is 2. The fourth-order valence-electron chi connectivity index (χ4n) is 3.92. The van der Waals surface area contributed by atoms with Gasteiger partial charge in [0.1, 0.15) is 0 Å². The van der Waals surface area contributed by atoms with Gasteiger partial charge >= 0.3 is 7.12 Å². The lowest BCUT2D eigenvalue weighted by atomic mass is 9.75. The van der Waals surface area contributed by atoms with Gasteiger partial charge in [0.2, 0.25) is 0 Å². The summed E-state index contributed by atoms with van der Waals surface area (Å²) in [6.45, 7) is 8.35. The Labute approximate surface area is 171 Å². The molecule has 0 spiro atoms. The van der Waals surface area contributed by atoms with Crippen LogP contribution < -0.4 is 5.46 Å². The molecule has 0 saturated carbocycles. The van der Waals surface area contributed by atoms with Crippen molar-refractivity contribution in [3.8, 4) is 11.3 Å². The van der Waals surface area contributed by atoms with Gasteiger partial charge in [-0.05, 0) is 44.6 Å². The Morgan fingerprint density at radius 2 is 1.34 bits per heavy atom. The third kappa shape index (κ3) is 2.95. The molecule has 0 radical (unpaired) electrons. The highest BCUT2D eigenvalue weighted by Crippen LogP contribution is 2.37. The number of nitrogens with zero attached hydrogens (tertiary/aromatic N) is 1. The molecule has 1 aliphatic heterocycles. The third-order valence-corrected chi connectivity index (χ3v) is 6.31. The lowest BCUT2D eigenvalue weighted by molar-refractivity contribution is 0.00578. The van der Waals surface area contributed by atoms with E-state index in [0.29, 0.717) is 0 Å². The van der Waals surface area contributed by atoms with E-state index in [9.17, 15) is 0 Å². The zero-order valence-electron chi connectivity index (χ0n) is 17.3. The van der Waals surface area contributed by atoms with Gasteiger partial charge in [0.05, 0.1) is 22.4 Å². The average Bonchev–Trinajstić information content (AvgIpc) is 2.94. The second-order valence-corrected chi connectivity index (χ2v) is 8.73. The van der Waals surface area contributed by atoms with Gasteiger partial charge < -0.3 is 9.31 Å². The van der Waals surface area contributed by atoms with Crippen molar-refractivity contribution < 1.29 is 9.31 Å². The normalized spacial score (nSPS) is 17.9. The van der Waals surface area contributed by atoms with Crippen LogP contribution in [0, 0.1) is 0 Å². The van der Waals surface area contributed by atoms with Crippen molar-refractivity contribution in [1.29, 1.82) is 0 Å². The van der Waals surface area contributed by atoms with Gasteiger partial charge in [-0.15, -0.1) is 0 Å². The molecule has 0 aliphatic carbocycles. The maximum atomic E-state index is 6.36. The number of benzene rings is 3. The van der Waals surface area contributed by atoms with Crippen molar-refractivity contribution in [1.82, 2.24) is 4.98 Å². The average molecular weight is 381 g/mol. The minimum atomic E-state index is -0.400. The van der Waals surface area contributed by atoms with E-state index < -0.39 is 7.12 Å². The summed E-state index contributed by atoms with van der Waals surface area (Å²) in [7, 11) is -0.400. The molecular weight excluding hydrogens is 357 g/mol. The number of hydrogen-bond donors (Lipinski definition) is 0. The predicted molar refractivity (Wildman–Crippen MR) is 120 cm³/mol. The molecule has 144 valence electrons. The van der Waals surface area contributed by atoms with Gasteiger partial charge in [0.25, 0.3) is 0 Å². The molecule has 3 nitrogen and oxygen atoms in total. The van der Waals surface area contributed by atoms with Gasteiger partial charge in [-0.25, -0.2) is 4.98 Å². The lowest BCUT2D eigenvalue weighted by Gasteiger charge is -2.32. The summed E-state index contributed by atoms with van der Waals surface area (Å²) in [5.74, 6) is 0. The van der Waals surface area contributed by atoms with Gasteiger partial charge in [-0.1, -0.05) is 66.7 Å². The van der Waals surface area contributed by atoms with E-state index in [2.05, 4.69) is 82.3 Å². The fraction of sp³-hybridized carbons (Fsp3) is 0.240. The molecule has 4 heteroatoms. The van der Waals surface area contributed by atoms with Crippen LogP contribution in [0.15, 0.2) is 72.8 Å². The maximum Gasteiger partial charge on any atom is 0.495 e. The van der Waals surface area contributed by atoms with Crippen LogP contribution >= 0.6 is 0 Å². The topological polar surface area (TPSA) is 31.4 Å².